The highest BCUT2D eigenvalue weighted by atomic mass is 14.9. The van der Waals surface area contributed by atoms with Gasteiger partial charge in [0.2, 0.25) is 0 Å². The molecule has 0 spiro atoms. The molecule has 0 heterocycles. The van der Waals surface area contributed by atoms with Crippen LogP contribution in [0.25, 0.3) is 0 Å². The van der Waals surface area contributed by atoms with E-state index in [1.807, 2.05) is 0 Å². The summed E-state index contributed by atoms with van der Waals surface area (Å²) in [5, 5.41) is 3.40. The average Bonchev–Trinajstić information content (AvgIpc) is 2.29. The minimum atomic E-state index is 0.630. The van der Waals surface area contributed by atoms with Crippen LogP contribution in [-0.2, 0) is 12.8 Å². The van der Waals surface area contributed by atoms with E-state index < -0.39 is 0 Å². The summed E-state index contributed by atoms with van der Waals surface area (Å²) in [6.45, 7) is 6.77. The van der Waals surface area contributed by atoms with Crippen molar-refractivity contribution in [2.75, 3.05) is 7.05 Å². The maximum atomic E-state index is 3.40. The highest BCUT2D eigenvalue weighted by Gasteiger charge is 2.10. The van der Waals surface area contributed by atoms with Crippen LogP contribution in [0.3, 0.4) is 0 Å². The van der Waals surface area contributed by atoms with Crippen molar-refractivity contribution in [3.63, 3.8) is 0 Å². The van der Waals surface area contributed by atoms with Crippen molar-refractivity contribution in [2.24, 2.45) is 5.92 Å². The molecule has 0 saturated carbocycles. The first-order chi connectivity index (χ1) is 7.67. The molecule has 0 aliphatic carbocycles. The van der Waals surface area contributed by atoms with Crippen molar-refractivity contribution in [1.82, 2.24) is 5.32 Å². The molecule has 1 atom stereocenters. The third-order valence-electron chi connectivity index (χ3n) is 3.32. The Morgan fingerprint density at radius 1 is 1.19 bits per heavy atom. The lowest BCUT2D eigenvalue weighted by Gasteiger charge is -2.20. The molecule has 1 N–H and O–H groups in total. The van der Waals surface area contributed by atoms with E-state index in [1.165, 1.54) is 24.0 Å². The molecule has 1 unspecified atom stereocenters. The molecule has 0 aliphatic rings. The number of hydrogen-bond acceptors (Lipinski definition) is 1. The Bertz CT molecular complexity index is 304. The number of aryl methyl sites for hydroxylation is 2. The van der Waals surface area contributed by atoms with Gasteiger partial charge in [0.15, 0.2) is 0 Å². The Balaban J connectivity index is 2.53. The first kappa shape index (κ1) is 13.2. The zero-order chi connectivity index (χ0) is 12.0. The summed E-state index contributed by atoms with van der Waals surface area (Å²) >= 11 is 0. The van der Waals surface area contributed by atoms with E-state index in [9.17, 15) is 0 Å². The van der Waals surface area contributed by atoms with E-state index in [0.717, 1.165) is 6.42 Å². The zero-order valence-corrected chi connectivity index (χ0v) is 11.1. The van der Waals surface area contributed by atoms with Crippen molar-refractivity contribution >= 4 is 0 Å². The molecule has 1 nitrogen and oxygen atoms in total. The molecule has 0 radical (unpaired) electrons. The first-order valence-corrected chi connectivity index (χ1v) is 6.42. The molecule has 1 aromatic rings. The van der Waals surface area contributed by atoms with E-state index >= 15 is 0 Å². The maximum absolute atomic E-state index is 3.40. The van der Waals surface area contributed by atoms with Crippen molar-refractivity contribution in [3.8, 4) is 0 Å². The van der Waals surface area contributed by atoms with Gasteiger partial charge in [0, 0.05) is 6.04 Å². The molecule has 0 aliphatic heterocycles. The normalized spacial score (nSPS) is 13.1. The van der Waals surface area contributed by atoms with Gasteiger partial charge < -0.3 is 5.32 Å². The van der Waals surface area contributed by atoms with Crippen molar-refractivity contribution < 1.29 is 0 Å². The van der Waals surface area contributed by atoms with Crippen molar-refractivity contribution in [1.29, 1.82) is 0 Å². The first-order valence-electron chi connectivity index (χ1n) is 6.42. The molecule has 1 heteroatoms. The van der Waals surface area contributed by atoms with Gasteiger partial charge in [-0.15, -0.1) is 0 Å². The highest BCUT2D eigenvalue weighted by molar-refractivity contribution is 5.23. The summed E-state index contributed by atoms with van der Waals surface area (Å²) in [7, 11) is 2.06. The van der Waals surface area contributed by atoms with E-state index in [4.69, 9.17) is 0 Å². The largest absolute Gasteiger partial charge is 0.317 e. The van der Waals surface area contributed by atoms with Gasteiger partial charge in [-0.1, -0.05) is 45.0 Å². The predicted molar refractivity (Wildman–Crippen MR) is 71.8 cm³/mol. The predicted octanol–water partition coefficient (Wildman–Crippen LogP) is 3.43. The quantitative estimate of drug-likeness (QED) is 0.773. The average molecular weight is 219 g/mol. The minimum absolute atomic E-state index is 0.630. The summed E-state index contributed by atoms with van der Waals surface area (Å²) in [4.78, 5) is 0. The van der Waals surface area contributed by atoms with Gasteiger partial charge in [-0.05, 0) is 43.4 Å². The fourth-order valence-corrected chi connectivity index (χ4v) is 2.14. The lowest BCUT2D eigenvalue weighted by molar-refractivity contribution is 0.403. The smallest absolute Gasteiger partial charge is 0.00902 e. The van der Waals surface area contributed by atoms with Gasteiger partial charge in [0.1, 0.15) is 0 Å². The SMILES string of the molecule is CCc1cccc(CCC(NC)C(C)C)c1. The molecular formula is C15H25N. The minimum Gasteiger partial charge on any atom is -0.317 e. The molecule has 0 fully saturated rings. The topological polar surface area (TPSA) is 12.0 Å². The molecule has 0 saturated heterocycles. The monoisotopic (exact) mass is 219 g/mol. The zero-order valence-electron chi connectivity index (χ0n) is 11.1. The molecule has 0 aromatic heterocycles. The standard InChI is InChI=1S/C15H25N/c1-5-13-7-6-8-14(11-13)9-10-15(16-4)12(2)3/h6-8,11-12,15-16H,5,9-10H2,1-4H3. The van der Waals surface area contributed by atoms with Gasteiger partial charge in [0.05, 0.1) is 0 Å². The van der Waals surface area contributed by atoms with Crippen LogP contribution in [0, 0.1) is 5.92 Å². The number of nitrogens with one attached hydrogen (secondary N) is 1. The molecule has 90 valence electrons. The second kappa shape index (κ2) is 6.70. The molecule has 0 amide bonds. The summed E-state index contributed by atoms with van der Waals surface area (Å²) in [6, 6.07) is 9.60. The van der Waals surface area contributed by atoms with Crippen LogP contribution in [0.15, 0.2) is 24.3 Å². The van der Waals surface area contributed by atoms with Crippen LogP contribution in [0.5, 0.6) is 0 Å². The van der Waals surface area contributed by atoms with Gasteiger partial charge in [-0.2, -0.15) is 0 Å². The molecule has 1 aromatic carbocycles. The Hall–Kier alpha value is -0.820. The number of rotatable bonds is 6. The molecule has 16 heavy (non-hydrogen) atoms. The molecule has 1 rings (SSSR count). The summed E-state index contributed by atoms with van der Waals surface area (Å²) in [5.74, 6) is 0.708. The summed E-state index contributed by atoms with van der Waals surface area (Å²) in [6.07, 6.45) is 3.53. The van der Waals surface area contributed by atoms with Gasteiger partial charge >= 0.3 is 0 Å². The van der Waals surface area contributed by atoms with Crippen LogP contribution >= 0.6 is 0 Å². The van der Waals surface area contributed by atoms with Crippen molar-refractivity contribution in [3.05, 3.63) is 35.4 Å². The van der Waals surface area contributed by atoms with E-state index in [1.54, 1.807) is 0 Å². The number of benzene rings is 1. The Labute approximate surface area is 100 Å². The Morgan fingerprint density at radius 3 is 2.44 bits per heavy atom. The van der Waals surface area contributed by atoms with E-state index in [2.05, 4.69) is 57.4 Å². The molecular weight excluding hydrogens is 194 g/mol. The third-order valence-corrected chi connectivity index (χ3v) is 3.32. The Kier molecular flexibility index (Phi) is 5.54. The third kappa shape index (κ3) is 3.97. The van der Waals surface area contributed by atoms with Crippen LogP contribution in [-0.4, -0.2) is 13.1 Å². The van der Waals surface area contributed by atoms with Crippen LogP contribution < -0.4 is 5.32 Å². The van der Waals surface area contributed by atoms with Crippen LogP contribution in [0.1, 0.15) is 38.3 Å². The van der Waals surface area contributed by atoms with E-state index in [0.29, 0.717) is 12.0 Å². The molecule has 0 bridgehead atoms. The maximum Gasteiger partial charge on any atom is 0.00902 e. The van der Waals surface area contributed by atoms with Crippen LogP contribution in [0.2, 0.25) is 0 Å². The summed E-state index contributed by atoms with van der Waals surface area (Å²) < 4.78 is 0. The second-order valence-electron chi connectivity index (χ2n) is 4.85. The lowest BCUT2D eigenvalue weighted by atomic mass is 9.96. The summed E-state index contributed by atoms with van der Waals surface area (Å²) in [5.41, 5.74) is 2.92. The van der Waals surface area contributed by atoms with E-state index in [-0.39, 0.29) is 0 Å². The van der Waals surface area contributed by atoms with Gasteiger partial charge in [-0.25, -0.2) is 0 Å². The lowest BCUT2D eigenvalue weighted by Crippen LogP contribution is -2.30. The van der Waals surface area contributed by atoms with Gasteiger partial charge in [-0.3, -0.25) is 0 Å². The highest BCUT2D eigenvalue weighted by Crippen LogP contribution is 2.12. The van der Waals surface area contributed by atoms with Crippen molar-refractivity contribution in [2.45, 2.75) is 46.1 Å². The second-order valence-corrected chi connectivity index (χ2v) is 4.85. The van der Waals surface area contributed by atoms with Crippen LogP contribution in [0.4, 0.5) is 0 Å². The fourth-order valence-electron chi connectivity index (χ4n) is 2.14. The number of hydrogen-bond donors (Lipinski definition) is 1. The fraction of sp³-hybridized carbons (Fsp3) is 0.600. The Morgan fingerprint density at radius 2 is 1.88 bits per heavy atom. The van der Waals surface area contributed by atoms with Gasteiger partial charge in [0.25, 0.3) is 0 Å².